The molecule has 0 atom stereocenters. The Hall–Kier alpha value is -3.42. The number of rotatable bonds is 6. The molecule has 1 aliphatic heterocycles. The van der Waals surface area contributed by atoms with Crippen LogP contribution in [0.1, 0.15) is 26.3 Å². The third-order valence-electron chi connectivity index (χ3n) is 5.14. The van der Waals surface area contributed by atoms with Gasteiger partial charge in [-0.3, -0.25) is 4.79 Å². The number of ether oxygens (including phenoxy) is 3. The predicted molar refractivity (Wildman–Crippen MR) is 119 cm³/mol. The van der Waals surface area contributed by atoms with Crippen molar-refractivity contribution < 1.29 is 23.8 Å². The van der Waals surface area contributed by atoms with Crippen LogP contribution in [0.3, 0.4) is 0 Å². The SMILES string of the molecule is CCN1C(=O)C(C)(C)COc2cc(NC(=O)NCc3ccc(OC)c(OC)c3)ccc21. The lowest BCUT2D eigenvalue weighted by Crippen LogP contribution is -2.42. The standard InChI is InChI=1S/C23H29N3O5/c1-6-26-17-9-8-16(12-19(17)31-14-23(2,3)21(26)27)25-22(28)24-13-15-7-10-18(29-4)20(11-15)30-5/h7-12H,6,13-14H2,1-5H3,(H2,24,25,28). The molecule has 0 radical (unpaired) electrons. The molecule has 0 saturated heterocycles. The van der Waals surface area contributed by atoms with Gasteiger partial charge >= 0.3 is 6.03 Å². The number of fused-ring (bicyclic) bond motifs is 1. The highest BCUT2D eigenvalue weighted by Crippen LogP contribution is 2.38. The van der Waals surface area contributed by atoms with E-state index in [9.17, 15) is 9.59 Å². The van der Waals surface area contributed by atoms with Crippen LogP contribution in [0.15, 0.2) is 36.4 Å². The average Bonchev–Trinajstić information content (AvgIpc) is 2.86. The van der Waals surface area contributed by atoms with Crippen LogP contribution in [0.5, 0.6) is 17.2 Å². The van der Waals surface area contributed by atoms with Gasteiger partial charge in [0.25, 0.3) is 0 Å². The van der Waals surface area contributed by atoms with Crippen LogP contribution in [0, 0.1) is 5.41 Å². The highest BCUT2D eigenvalue weighted by atomic mass is 16.5. The van der Waals surface area contributed by atoms with E-state index in [0.29, 0.717) is 41.7 Å². The first-order chi connectivity index (χ1) is 14.8. The van der Waals surface area contributed by atoms with Gasteiger partial charge < -0.3 is 29.7 Å². The largest absolute Gasteiger partial charge is 0.493 e. The minimum Gasteiger partial charge on any atom is -0.493 e. The molecule has 3 amide bonds. The lowest BCUT2D eigenvalue weighted by Gasteiger charge is -2.26. The quantitative estimate of drug-likeness (QED) is 0.732. The molecule has 0 fully saturated rings. The van der Waals surface area contributed by atoms with Crippen molar-refractivity contribution in [3.05, 3.63) is 42.0 Å². The van der Waals surface area contributed by atoms with Gasteiger partial charge in [0, 0.05) is 24.8 Å². The fourth-order valence-corrected chi connectivity index (χ4v) is 3.39. The van der Waals surface area contributed by atoms with Gasteiger partial charge in [-0.05, 0) is 50.6 Å². The van der Waals surface area contributed by atoms with E-state index in [1.807, 2.05) is 32.9 Å². The highest BCUT2D eigenvalue weighted by Gasteiger charge is 2.37. The monoisotopic (exact) mass is 427 g/mol. The number of hydrogen-bond donors (Lipinski definition) is 2. The fraction of sp³-hybridized carbons (Fsp3) is 0.391. The second-order valence-electron chi connectivity index (χ2n) is 7.90. The lowest BCUT2D eigenvalue weighted by molar-refractivity contribution is -0.127. The van der Waals surface area contributed by atoms with E-state index >= 15 is 0 Å². The number of hydrogen-bond acceptors (Lipinski definition) is 5. The van der Waals surface area contributed by atoms with Gasteiger partial charge in [-0.25, -0.2) is 4.79 Å². The molecule has 0 bridgehead atoms. The summed E-state index contributed by atoms with van der Waals surface area (Å²) in [5.74, 6) is 1.81. The van der Waals surface area contributed by atoms with Crippen LogP contribution >= 0.6 is 0 Å². The molecular weight excluding hydrogens is 398 g/mol. The summed E-state index contributed by atoms with van der Waals surface area (Å²) in [6.07, 6.45) is 0. The zero-order chi connectivity index (χ0) is 22.6. The summed E-state index contributed by atoms with van der Waals surface area (Å²) in [6.45, 7) is 6.79. The van der Waals surface area contributed by atoms with E-state index < -0.39 is 5.41 Å². The topological polar surface area (TPSA) is 89.1 Å². The minimum absolute atomic E-state index is 0.0159. The minimum atomic E-state index is -0.626. The number of urea groups is 1. The molecule has 0 aliphatic carbocycles. The Labute approximate surface area is 182 Å². The predicted octanol–water partition coefficient (Wildman–Crippen LogP) is 3.80. The summed E-state index contributed by atoms with van der Waals surface area (Å²) in [7, 11) is 3.14. The molecule has 2 N–H and O–H groups in total. The van der Waals surface area contributed by atoms with Crippen molar-refractivity contribution in [1.29, 1.82) is 0 Å². The number of benzene rings is 2. The average molecular weight is 428 g/mol. The van der Waals surface area contributed by atoms with E-state index in [1.54, 1.807) is 43.4 Å². The summed E-state index contributed by atoms with van der Waals surface area (Å²) in [6, 6.07) is 10.4. The van der Waals surface area contributed by atoms with Crippen LogP contribution in [-0.2, 0) is 11.3 Å². The molecule has 0 aromatic heterocycles. The Balaban J connectivity index is 1.68. The summed E-state index contributed by atoms with van der Waals surface area (Å²) >= 11 is 0. The Bertz CT molecular complexity index is 974. The lowest BCUT2D eigenvalue weighted by atomic mass is 9.93. The first-order valence-corrected chi connectivity index (χ1v) is 10.1. The fourth-order valence-electron chi connectivity index (χ4n) is 3.39. The Morgan fingerprint density at radius 1 is 1.13 bits per heavy atom. The molecule has 8 nitrogen and oxygen atoms in total. The van der Waals surface area contributed by atoms with E-state index in [1.165, 1.54) is 0 Å². The number of carbonyl (C=O) groups excluding carboxylic acids is 2. The maximum Gasteiger partial charge on any atom is 0.319 e. The van der Waals surface area contributed by atoms with Crippen molar-refractivity contribution in [1.82, 2.24) is 5.32 Å². The zero-order valence-corrected chi connectivity index (χ0v) is 18.6. The van der Waals surface area contributed by atoms with Crippen LogP contribution in [0.4, 0.5) is 16.2 Å². The Morgan fingerprint density at radius 2 is 1.87 bits per heavy atom. The van der Waals surface area contributed by atoms with E-state index in [4.69, 9.17) is 14.2 Å². The van der Waals surface area contributed by atoms with Crippen molar-refractivity contribution in [3.63, 3.8) is 0 Å². The third-order valence-corrected chi connectivity index (χ3v) is 5.14. The van der Waals surface area contributed by atoms with Crippen molar-refractivity contribution >= 4 is 23.3 Å². The molecule has 0 unspecified atom stereocenters. The molecule has 2 aromatic carbocycles. The van der Waals surface area contributed by atoms with E-state index in [0.717, 1.165) is 5.56 Å². The number of amides is 3. The molecule has 2 aromatic rings. The van der Waals surface area contributed by atoms with Gasteiger partial charge in [-0.1, -0.05) is 6.07 Å². The zero-order valence-electron chi connectivity index (χ0n) is 18.6. The normalized spacial score (nSPS) is 14.7. The van der Waals surface area contributed by atoms with Crippen LogP contribution < -0.4 is 29.7 Å². The number of nitrogens with one attached hydrogen (secondary N) is 2. The Kier molecular flexibility index (Phi) is 6.58. The molecule has 0 saturated carbocycles. The Morgan fingerprint density at radius 3 is 2.55 bits per heavy atom. The van der Waals surface area contributed by atoms with E-state index in [2.05, 4.69) is 10.6 Å². The number of methoxy groups -OCH3 is 2. The first kappa shape index (κ1) is 22.3. The maximum absolute atomic E-state index is 12.8. The van der Waals surface area contributed by atoms with Crippen molar-refractivity contribution in [3.8, 4) is 17.2 Å². The summed E-state index contributed by atoms with van der Waals surface area (Å²) in [4.78, 5) is 26.9. The van der Waals surface area contributed by atoms with Crippen molar-refractivity contribution in [2.75, 3.05) is 37.6 Å². The van der Waals surface area contributed by atoms with Gasteiger partial charge in [0.05, 0.1) is 25.3 Å². The molecule has 1 heterocycles. The molecule has 3 rings (SSSR count). The number of nitrogens with zero attached hydrogens (tertiary/aromatic N) is 1. The van der Waals surface area contributed by atoms with Gasteiger partial charge in [0.15, 0.2) is 11.5 Å². The smallest absolute Gasteiger partial charge is 0.319 e. The van der Waals surface area contributed by atoms with Crippen LogP contribution in [0.2, 0.25) is 0 Å². The summed E-state index contributed by atoms with van der Waals surface area (Å²) < 4.78 is 16.4. The second-order valence-corrected chi connectivity index (χ2v) is 7.90. The summed E-state index contributed by atoms with van der Waals surface area (Å²) in [5.41, 5.74) is 1.53. The van der Waals surface area contributed by atoms with Gasteiger partial charge in [-0.15, -0.1) is 0 Å². The van der Waals surface area contributed by atoms with Crippen molar-refractivity contribution in [2.45, 2.75) is 27.3 Å². The number of carbonyl (C=O) groups is 2. The maximum atomic E-state index is 12.8. The third kappa shape index (κ3) is 4.84. The van der Waals surface area contributed by atoms with Crippen LogP contribution in [0.25, 0.3) is 0 Å². The molecule has 1 aliphatic rings. The van der Waals surface area contributed by atoms with Gasteiger partial charge in [0.1, 0.15) is 12.4 Å². The first-order valence-electron chi connectivity index (χ1n) is 10.1. The second kappa shape index (κ2) is 9.16. The molecule has 0 spiro atoms. The van der Waals surface area contributed by atoms with Gasteiger partial charge in [0.2, 0.25) is 5.91 Å². The van der Waals surface area contributed by atoms with E-state index in [-0.39, 0.29) is 18.5 Å². The molecule has 166 valence electrons. The summed E-state index contributed by atoms with van der Waals surface area (Å²) in [5, 5.41) is 5.63. The molecule has 8 heteroatoms. The molecule has 31 heavy (non-hydrogen) atoms. The van der Waals surface area contributed by atoms with Gasteiger partial charge in [-0.2, -0.15) is 0 Å². The molecular formula is C23H29N3O5. The van der Waals surface area contributed by atoms with Crippen molar-refractivity contribution in [2.24, 2.45) is 5.41 Å². The number of anilines is 2. The van der Waals surface area contributed by atoms with Crippen LogP contribution in [-0.4, -0.2) is 39.3 Å². The highest BCUT2D eigenvalue weighted by molar-refractivity contribution is 6.00.